The molecular weight excluding hydrogens is 216 g/mol. The van der Waals surface area contributed by atoms with Gasteiger partial charge in [-0.3, -0.25) is 4.79 Å². The van der Waals surface area contributed by atoms with Gasteiger partial charge in [0.2, 0.25) is 5.91 Å². The van der Waals surface area contributed by atoms with Gasteiger partial charge in [0.1, 0.15) is 0 Å². The van der Waals surface area contributed by atoms with Crippen LogP contribution in [0, 0.1) is 11.8 Å². The lowest BCUT2D eigenvalue weighted by molar-refractivity contribution is -0.126. The van der Waals surface area contributed by atoms with Crippen molar-refractivity contribution < 1.29 is 9.90 Å². The second kappa shape index (κ2) is 5.83. The third-order valence-corrected chi connectivity index (χ3v) is 3.94. The lowest BCUT2D eigenvalue weighted by Gasteiger charge is -2.39. The number of nitrogens with one attached hydrogen (secondary N) is 1. The first-order chi connectivity index (χ1) is 7.90. The van der Waals surface area contributed by atoms with E-state index in [9.17, 15) is 9.90 Å². The maximum atomic E-state index is 12.0. The Morgan fingerprint density at radius 1 is 1.47 bits per heavy atom. The Morgan fingerprint density at radius 2 is 2.00 bits per heavy atom. The quantitative estimate of drug-likeness (QED) is 0.689. The monoisotopic (exact) mass is 242 g/mol. The van der Waals surface area contributed by atoms with Gasteiger partial charge in [-0.2, -0.15) is 0 Å². The summed E-state index contributed by atoms with van der Waals surface area (Å²) in [6.07, 6.45) is 3.80. The van der Waals surface area contributed by atoms with Gasteiger partial charge in [-0.1, -0.05) is 20.8 Å². The highest BCUT2D eigenvalue weighted by atomic mass is 16.3. The van der Waals surface area contributed by atoms with E-state index in [1.165, 1.54) is 0 Å². The van der Waals surface area contributed by atoms with Crippen LogP contribution in [-0.2, 0) is 4.79 Å². The fourth-order valence-corrected chi connectivity index (χ4v) is 2.28. The number of aliphatic hydroxyl groups is 1. The van der Waals surface area contributed by atoms with E-state index in [1.807, 2.05) is 13.8 Å². The van der Waals surface area contributed by atoms with E-state index in [-0.39, 0.29) is 18.4 Å². The van der Waals surface area contributed by atoms with Crippen LogP contribution in [0.25, 0.3) is 0 Å². The fourth-order valence-electron chi connectivity index (χ4n) is 2.28. The summed E-state index contributed by atoms with van der Waals surface area (Å²) in [6, 6.07) is -0.488. The molecule has 1 aliphatic rings. The van der Waals surface area contributed by atoms with Gasteiger partial charge in [-0.15, -0.1) is 0 Å². The summed E-state index contributed by atoms with van der Waals surface area (Å²) >= 11 is 0. The molecule has 0 spiro atoms. The lowest BCUT2D eigenvalue weighted by atomic mass is 9.77. The molecule has 0 saturated heterocycles. The molecule has 0 aromatic carbocycles. The Labute approximate surface area is 104 Å². The smallest absolute Gasteiger partial charge is 0.237 e. The summed E-state index contributed by atoms with van der Waals surface area (Å²) < 4.78 is 0. The molecule has 1 saturated carbocycles. The van der Waals surface area contributed by atoms with Crippen molar-refractivity contribution in [2.24, 2.45) is 17.6 Å². The van der Waals surface area contributed by atoms with Gasteiger partial charge in [0.15, 0.2) is 0 Å². The van der Waals surface area contributed by atoms with Crippen molar-refractivity contribution in [1.82, 2.24) is 5.32 Å². The normalized spacial score (nSPS) is 31.3. The van der Waals surface area contributed by atoms with E-state index in [1.54, 1.807) is 0 Å². The summed E-state index contributed by atoms with van der Waals surface area (Å²) in [4.78, 5) is 12.0. The lowest BCUT2D eigenvalue weighted by Crippen LogP contribution is -2.58. The number of nitrogens with two attached hydrogens (primary N) is 1. The van der Waals surface area contributed by atoms with Gasteiger partial charge in [0, 0.05) is 0 Å². The molecule has 100 valence electrons. The SMILES string of the molecule is CC1CCC(CO)(NC(=O)[C@H](N)C(C)C)CC1. The molecule has 1 atom stereocenters. The first-order valence-electron chi connectivity index (χ1n) is 6.58. The highest BCUT2D eigenvalue weighted by molar-refractivity contribution is 5.82. The number of amides is 1. The molecule has 0 unspecified atom stereocenters. The molecule has 1 fully saturated rings. The third kappa shape index (κ3) is 3.68. The summed E-state index contributed by atoms with van der Waals surface area (Å²) in [5.74, 6) is 0.669. The predicted octanol–water partition coefficient (Wildman–Crippen LogP) is 1.03. The number of hydrogen-bond donors (Lipinski definition) is 3. The number of hydrogen-bond acceptors (Lipinski definition) is 3. The van der Waals surface area contributed by atoms with Gasteiger partial charge >= 0.3 is 0 Å². The minimum absolute atomic E-state index is 0.0102. The molecule has 4 N–H and O–H groups in total. The molecule has 17 heavy (non-hydrogen) atoms. The minimum atomic E-state index is -0.488. The first kappa shape index (κ1) is 14.5. The molecule has 4 nitrogen and oxygen atoms in total. The summed E-state index contributed by atoms with van der Waals surface area (Å²) in [5, 5.41) is 12.5. The van der Waals surface area contributed by atoms with E-state index in [0.29, 0.717) is 5.92 Å². The van der Waals surface area contributed by atoms with E-state index < -0.39 is 11.6 Å². The highest BCUT2D eigenvalue weighted by Crippen LogP contribution is 2.31. The fraction of sp³-hybridized carbons (Fsp3) is 0.923. The maximum Gasteiger partial charge on any atom is 0.237 e. The number of rotatable bonds is 4. The van der Waals surface area contributed by atoms with Crippen molar-refractivity contribution in [3.63, 3.8) is 0 Å². The second-order valence-corrected chi connectivity index (χ2v) is 5.88. The average Bonchev–Trinajstić information content (AvgIpc) is 2.31. The molecule has 0 bridgehead atoms. The van der Waals surface area contributed by atoms with Crippen molar-refractivity contribution in [3.8, 4) is 0 Å². The topological polar surface area (TPSA) is 75.3 Å². The molecule has 0 radical (unpaired) electrons. The minimum Gasteiger partial charge on any atom is -0.394 e. The standard InChI is InChI=1S/C13H26N2O2/c1-9(2)11(14)12(17)15-13(8-16)6-4-10(3)5-7-13/h9-11,16H,4-8,14H2,1-3H3,(H,15,17)/t10?,11-,13?/m1/s1. The highest BCUT2D eigenvalue weighted by Gasteiger charge is 2.36. The van der Waals surface area contributed by atoms with Gasteiger partial charge < -0.3 is 16.2 Å². The summed E-state index contributed by atoms with van der Waals surface area (Å²) in [7, 11) is 0. The Hall–Kier alpha value is -0.610. The van der Waals surface area contributed by atoms with Crippen LogP contribution >= 0.6 is 0 Å². The first-order valence-corrected chi connectivity index (χ1v) is 6.58. The number of carbonyl (C=O) groups is 1. The maximum absolute atomic E-state index is 12.0. The van der Waals surface area contributed by atoms with Gasteiger partial charge in [0.25, 0.3) is 0 Å². The molecule has 4 heteroatoms. The van der Waals surface area contributed by atoms with Crippen LogP contribution in [0.3, 0.4) is 0 Å². The predicted molar refractivity (Wildman–Crippen MR) is 68.4 cm³/mol. The van der Waals surface area contributed by atoms with Crippen LogP contribution in [0.4, 0.5) is 0 Å². The molecule has 1 aliphatic carbocycles. The molecule has 0 heterocycles. The molecule has 1 rings (SSSR count). The zero-order valence-corrected chi connectivity index (χ0v) is 11.2. The van der Waals surface area contributed by atoms with Crippen molar-refractivity contribution in [3.05, 3.63) is 0 Å². The Bertz CT molecular complexity index is 258. The van der Waals surface area contributed by atoms with Crippen LogP contribution in [0.1, 0.15) is 46.5 Å². The van der Waals surface area contributed by atoms with Crippen LogP contribution in [0.2, 0.25) is 0 Å². The van der Waals surface area contributed by atoms with E-state index in [4.69, 9.17) is 5.73 Å². The molecule has 0 aromatic heterocycles. The summed E-state index contributed by atoms with van der Waals surface area (Å²) in [6.45, 7) is 6.08. The van der Waals surface area contributed by atoms with Crippen LogP contribution < -0.4 is 11.1 Å². The largest absolute Gasteiger partial charge is 0.394 e. The van der Waals surface area contributed by atoms with Crippen LogP contribution in [0.15, 0.2) is 0 Å². The van der Waals surface area contributed by atoms with Crippen molar-refractivity contribution >= 4 is 5.91 Å². The van der Waals surface area contributed by atoms with Crippen molar-refractivity contribution in [2.45, 2.75) is 58.0 Å². The Morgan fingerprint density at radius 3 is 2.41 bits per heavy atom. The van der Waals surface area contributed by atoms with Crippen molar-refractivity contribution in [2.75, 3.05) is 6.61 Å². The van der Waals surface area contributed by atoms with E-state index >= 15 is 0 Å². The van der Waals surface area contributed by atoms with Gasteiger partial charge in [-0.25, -0.2) is 0 Å². The molecule has 0 aliphatic heterocycles. The second-order valence-electron chi connectivity index (χ2n) is 5.88. The number of aliphatic hydroxyl groups excluding tert-OH is 1. The van der Waals surface area contributed by atoms with Crippen LogP contribution in [0.5, 0.6) is 0 Å². The van der Waals surface area contributed by atoms with E-state index in [0.717, 1.165) is 25.7 Å². The van der Waals surface area contributed by atoms with Crippen molar-refractivity contribution in [1.29, 1.82) is 0 Å². The zero-order valence-electron chi connectivity index (χ0n) is 11.2. The molecular formula is C13H26N2O2. The summed E-state index contributed by atoms with van der Waals surface area (Å²) in [5.41, 5.74) is 5.39. The van der Waals surface area contributed by atoms with Gasteiger partial charge in [0.05, 0.1) is 18.2 Å². The Kier molecular flexibility index (Phi) is 4.95. The Balaban J connectivity index is 2.60. The third-order valence-electron chi connectivity index (χ3n) is 3.94. The van der Waals surface area contributed by atoms with Gasteiger partial charge in [-0.05, 0) is 37.5 Å². The zero-order chi connectivity index (χ0) is 13.1. The average molecular weight is 242 g/mol. The number of carbonyl (C=O) groups excluding carboxylic acids is 1. The molecule has 0 aromatic rings. The van der Waals surface area contributed by atoms with Crippen LogP contribution in [-0.4, -0.2) is 29.2 Å². The molecule has 1 amide bonds. The van der Waals surface area contributed by atoms with E-state index in [2.05, 4.69) is 12.2 Å².